The maximum absolute atomic E-state index is 12.9. The van der Waals surface area contributed by atoms with Crippen LogP contribution in [0.25, 0.3) is 0 Å². The number of hydrogen-bond donors (Lipinski definition) is 1. The number of carbonyl (C=O) groups is 1. The molecule has 5 rings (SSSR count). The molecule has 0 aromatic carbocycles. The maximum atomic E-state index is 12.9. The first-order chi connectivity index (χ1) is 14.8. The van der Waals surface area contributed by atoms with Crippen LogP contribution in [0, 0.1) is 50.2 Å². The number of ketones is 1. The molecule has 4 fully saturated rings. The predicted molar refractivity (Wildman–Crippen MR) is 131 cm³/mol. The van der Waals surface area contributed by atoms with Gasteiger partial charge in [0.05, 0.1) is 0 Å². The third kappa shape index (κ3) is 2.71. The van der Waals surface area contributed by atoms with Crippen LogP contribution in [0.15, 0.2) is 11.6 Å². The average molecular weight is 441 g/mol. The van der Waals surface area contributed by atoms with E-state index in [2.05, 4.69) is 54.5 Å². The number of hydrogen-bond acceptors (Lipinski definition) is 2. The molecule has 2 heteroatoms. The number of aliphatic hydroxyl groups excluding tert-OH is 1. The molecule has 2 nitrogen and oxygen atoms in total. The molecule has 0 heterocycles. The van der Waals surface area contributed by atoms with Crippen LogP contribution in [-0.2, 0) is 4.79 Å². The fraction of sp³-hybridized carbons (Fsp3) is 0.900. The Morgan fingerprint density at radius 2 is 1.59 bits per heavy atom. The summed E-state index contributed by atoms with van der Waals surface area (Å²) >= 11 is 0. The van der Waals surface area contributed by atoms with Gasteiger partial charge in [-0.3, -0.25) is 4.79 Å². The summed E-state index contributed by atoms with van der Waals surface area (Å²) in [5.41, 5.74) is 2.81. The van der Waals surface area contributed by atoms with Gasteiger partial charge in [-0.2, -0.15) is 0 Å². The van der Waals surface area contributed by atoms with Crippen molar-refractivity contribution in [3.63, 3.8) is 0 Å². The monoisotopic (exact) mass is 440 g/mol. The van der Waals surface area contributed by atoms with Gasteiger partial charge in [0.1, 0.15) is 5.78 Å². The van der Waals surface area contributed by atoms with Crippen LogP contribution in [0.1, 0.15) is 113 Å². The van der Waals surface area contributed by atoms with Gasteiger partial charge in [0, 0.05) is 23.9 Å². The summed E-state index contributed by atoms with van der Waals surface area (Å²) in [5.74, 6) is 2.22. The van der Waals surface area contributed by atoms with E-state index in [1.54, 1.807) is 5.57 Å². The van der Waals surface area contributed by atoms with E-state index >= 15 is 0 Å². The minimum atomic E-state index is -0.175. The van der Waals surface area contributed by atoms with Crippen molar-refractivity contribution in [2.75, 3.05) is 6.61 Å². The molecule has 0 aliphatic heterocycles. The van der Waals surface area contributed by atoms with Gasteiger partial charge < -0.3 is 5.11 Å². The molecule has 4 saturated carbocycles. The van der Waals surface area contributed by atoms with Crippen LogP contribution in [0.3, 0.4) is 0 Å². The van der Waals surface area contributed by atoms with Gasteiger partial charge >= 0.3 is 0 Å². The van der Waals surface area contributed by atoms with Crippen LogP contribution in [0.4, 0.5) is 0 Å². The van der Waals surface area contributed by atoms with E-state index in [0.717, 1.165) is 12.8 Å². The Hall–Kier alpha value is -0.630. The van der Waals surface area contributed by atoms with E-state index in [1.807, 2.05) is 0 Å². The van der Waals surface area contributed by atoms with Gasteiger partial charge in [-0.25, -0.2) is 0 Å². The number of Topliss-reactive ketones (excluding diaryl/α,β-unsaturated/α-hetero) is 1. The van der Waals surface area contributed by atoms with E-state index in [4.69, 9.17) is 0 Å². The van der Waals surface area contributed by atoms with Crippen LogP contribution < -0.4 is 0 Å². The average Bonchev–Trinajstić information content (AvgIpc) is 2.71. The Balaban J connectivity index is 1.59. The largest absolute Gasteiger partial charge is 0.396 e. The van der Waals surface area contributed by atoms with Crippen molar-refractivity contribution in [3.8, 4) is 0 Å². The van der Waals surface area contributed by atoms with E-state index in [1.165, 1.54) is 51.4 Å². The van der Waals surface area contributed by atoms with Crippen molar-refractivity contribution in [3.05, 3.63) is 11.6 Å². The summed E-state index contributed by atoms with van der Waals surface area (Å²) in [4.78, 5) is 12.9. The summed E-state index contributed by atoms with van der Waals surface area (Å²) in [6, 6.07) is 0. The zero-order valence-electron chi connectivity index (χ0n) is 21.9. The Morgan fingerprint density at radius 3 is 2.28 bits per heavy atom. The van der Waals surface area contributed by atoms with Gasteiger partial charge in [0.25, 0.3) is 0 Å². The lowest BCUT2D eigenvalue weighted by atomic mass is 9.33. The lowest BCUT2D eigenvalue weighted by Crippen LogP contribution is -2.64. The summed E-state index contributed by atoms with van der Waals surface area (Å²) in [7, 11) is 0. The molecule has 0 spiro atoms. The first-order valence-electron chi connectivity index (χ1n) is 13.6. The molecule has 0 saturated heterocycles. The molecule has 0 radical (unpaired) electrons. The first kappa shape index (κ1) is 23.1. The lowest BCUT2D eigenvalue weighted by Gasteiger charge is -2.70. The van der Waals surface area contributed by atoms with E-state index in [9.17, 15) is 9.90 Å². The Morgan fingerprint density at radius 1 is 0.906 bits per heavy atom. The van der Waals surface area contributed by atoms with E-state index < -0.39 is 0 Å². The van der Waals surface area contributed by atoms with Crippen molar-refractivity contribution in [1.29, 1.82) is 0 Å². The summed E-state index contributed by atoms with van der Waals surface area (Å²) in [5, 5.41) is 10.6. The third-order valence-electron chi connectivity index (χ3n) is 12.9. The molecule has 32 heavy (non-hydrogen) atoms. The van der Waals surface area contributed by atoms with Gasteiger partial charge in [0.15, 0.2) is 0 Å². The molecule has 0 aromatic rings. The minimum Gasteiger partial charge on any atom is -0.396 e. The second-order valence-corrected chi connectivity index (χ2v) is 14.9. The number of aliphatic hydroxyl groups is 1. The summed E-state index contributed by atoms with van der Waals surface area (Å²) in [6.45, 7) is 17.5. The van der Waals surface area contributed by atoms with Gasteiger partial charge in [0.2, 0.25) is 0 Å². The van der Waals surface area contributed by atoms with Crippen LogP contribution in [-0.4, -0.2) is 17.5 Å². The van der Waals surface area contributed by atoms with Crippen molar-refractivity contribution >= 4 is 5.78 Å². The van der Waals surface area contributed by atoms with Gasteiger partial charge in [-0.05, 0) is 97.2 Å². The standard InChI is InChI=1S/C30H48O2/c1-25(2)14-16-30(19-31)17-15-28(6)20(21(30)18-25)8-9-23-27(5)12-11-24(32)26(3,4)22(27)10-13-29(23,28)7/h8,21-23,31H,9-19H2,1-7H3/t21-,22+,23-,27-,28+,29+,30+/m0/s1. The Kier molecular flexibility index (Phi) is 4.87. The normalized spacial score (nSPS) is 51.6. The van der Waals surface area contributed by atoms with Crippen LogP contribution in [0.5, 0.6) is 0 Å². The summed E-state index contributed by atoms with van der Waals surface area (Å²) in [6.07, 6.45) is 14.2. The van der Waals surface area contributed by atoms with E-state index in [0.29, 0.717) is 41.0 Å². The van der Waals surface area contributed by atoms with E-state index in [-0.39, 0.29) is 21.7 Å². The molecule has 7 atom stereocenters. The number of rotatable bonds is 1. The minimum absolute atomic E-state index is 0.115. The zero-order valence-corrected chi connectivity index (χ0v) is 21.9. The highest BCUT2D eigenvalue weighted by molar-refractivity contribution is 5.85. The van der Waals surface area contributed by atoms with Crippen LogP contribution in [0.2, 0.25) is 0 Å². The fourth-order valence-electron chi connectivity index (χ4n) is 10.4. The van der Waals surface area contributed by atoms with Crippen molar-refractivity contribution < 1.29 is 9.90 Å². The summed E-state index contributed by atoms with van der Waals surface area (Å²) < 4.78 is 0. The fourth-order valence-corrected chi connectivity index (χ4v) is 10.4. The Labute approximate surface area is 197 Å². The second-order valence-electron chi connectivity index (χ2n) is 14.9. The second kappa shape index (κ2) is 6.73. The zero-order chi connectivity index (χ0) is 23.4. The molecule has 0 amide bonds. The topological polar surface area (TPSA) is 37.3 Å². The quantitative estimate of drug-likeness (QED) is 0.433. The highest BCUT2D eigenvalue weighted by Crippen LogP contribution is 2.75. The molecular weight excluding hydrogens is 392 g/mol. The molecule has 0 bridgehead atoms. The first-order valence-corrected chi connectivity index (χ1v) is 13.6. The molecule has 180 valence electrons. The predicted octanol–water partition coefficient (Wildman–Crippen LogP) is 7.35. The van der Waals surface area contributed by atoms with Crippen molar-refractivity contribution in [2.24, 2.45) is 50.2 Å². The Bertz CT molecular complexity index is 851. The molecule has 0 aromatic heterocycles. The number of carbonyl (C=O) groups excluding carboxylic acids is 1. The van der Waals surface area contributed by atoms with Crippen LogP contribution >= 0.6 is 0 Å². The van der Waals surface area contributed by atoms with Gasteiger partial charge in [-0.1, -0.05) is 60.1 Å². The van der Waals surface area contributed by atoms with Gasteiger partial charge in [-0.15, -0.1) is 0 Å². The van der Waals surface area contributed by atoms with Crippen molar-refractivity contribution in [1.82, 2.24) is 0 Å². The highest BCUT2D eigenvalue weighted by Gasteiger charge is 2.68. The highest BCUT2D eigenvalue weighted by atomic mass is 16.3. The molecule has 1 N–H and O–H groups in total. The molecular formula is C30H48O2. The smallest absolute Gasteiger partial charge is 0.138 e. The maximum Gasteiger partial charge on any atom is 0.138 e. The van der Waals surface area contributed by atoms with Crippen molar-refractivity contribution in [2.45, 2.75) is 113 Å². The molecule has 5 aliphatic carbocycles. The molecule has 0 unspecified atom stereocenters. The molecule has 5 aliphatic rings. The SMILES string of the molecule is CC1(C)CC[C@]2(CO)CC[C@]3(C)C(=CC[C@H]4[C@@]5(C)CCC(=O)C(C)(C)[C@H]5CC[C@]43C)[C@@H]2C1. The number of allylic oxidation sites excluding steroid dienone is 2. The number of fused-ring (bicyclic) bond motifs is 7. The lowest BCUT2D eigenvalue weighted by molar-refractivity contribution is -0.186. The third-order valence-corrected chi connectivity index (χ3v) is 12.9.